The number of carbonyl (C=O) groups excluding carboxylic acids is 1. The zero-order valence-corrected chi connectivity index (χ0v) is 21.5. The topological polar surface area (TPSA) is 63.2 Å². The van der Waals surface area contributed by atoms with Crippen molar-refractivity contribution < 1.29 is 46.0 Å². The van der Waals surface area contributed by atoms with Gasteiger partial charge in [-0.25, -0.2) is 0 Å². The summed E-state index contributed by atoms with van der Waals surface area (Å²) >= 11 is 0. The molecule has 8 bridgehead atoms. The highest BCUT2D eigenvalue weighted by molar-refractivity contribution is 5.77. The average molecular weight is 545 g/mol. The Morgan fingerprint density at radius 3 is 1.82 bits per heavy atom. The van der Waals surface area contributed by atoms with Crippen molar-refractivity contribution in [3.8, 4) is 0 Å². The molecule has 0 aromatic carbocycles. The zero-order chi connectivity index (χ0) is 26.1. The van der Waals surface area contributed by atoms with Crippen molar-refractivity contribution >= 4 is 5.97 Å². The molecule has 10 aliphatic rings. The smallest absolute Gasteiger partial charge is 0.335 e. The van der Waals surface area contributed by atoms with Crippen LogP contribution in [0.1, 0.15) is 64.2 Å². The highest BCUT2D eigenvalue weighted by Crippen LogP contribution is 2.66. The van der Waals surface area contributed by atoms with Crippen LogP contribution in [0.5, 0.6) is 0 Å². The van der Waals surface area contributed by atoms with Gasteiger partial charge in [-0.3, -0.25) is 4.79 Å². The molecule has 2 saturated heterocycles. The molecule has 0 N–H and O–H groups in total. The largest absolute Gasteiger partial charge is 0.462 e. The Hall–Kier alpha value is -0.970. The first-order valence-corrected chi connectivity index (χ1v) is 14.6. The number of esters is 1. The predicted octanol–water partition coefficient (Wildman–Crippen LogP) is 4.94. The third-order valence-electron chi connectivity index (χ3n) is 11.8. The van der Waals surface area contributed by atoms with E-state index in [9.17, 15) is 22.4 Å². The summed E-state index contributed by atoms with van der Waals surface area (Å²) in [6.07, 6.45) is 8.29. The van der Waals surface area contributed by atoms with Crippen molar-refractivity contribution in [3.05, 3.63) is 0 Å². The molecule has 2 aliphatic heterocycles. The molecule has 0 aromatic heterocycles. The molecule has 3 atom stereocenters. The van der Waals surface area contributed by atoms with E-state index in [1.165, 1.54) is 6.42 Å². The Morgan fingerprint density at radius 2 is 1.24 bits per heavy atom. The van der Waals surface area contributed by atoms with Crippen LogP contribution in [-0.4, -0.2) is 61.9 Å². The second-order valence-corrected chi connectivity index (χ2v) is 14.0. The number of ether oxygens (including phenoxy) is 5. The van der Waals surface area contributed by atoms with Gasteiger partial charge in [0.2, 0.25) is 0 Å². The average Bonchev–Trinajstić information content (AvgIpc) is 3.26. The summed E-state index contributed by atoms with van der Waals surface area (Å²) < 4.78 is 86.2. The van der Waals surface area contributed by atoms with Crippen LogP contribution >= 0.6 is 0 Å². The molecule has 10 heteroatoms. The predicted molar refractivity (Wildman–Crippen MR) is 122 cm³/mol. The summed E-state index contributed by atoms with van der Waals surface area (Å²) in [7, 11) is 0. The molecule has 8 aliphatic carbocycles. The molecular formula is C28H36F4O6. The first-order chi connectivity index (χ1) is 18.0. The van der Waals surface area contributed by atoms with Gasteiger partial charge < -0.3 is 23.7 Å². The molecule has 8 saturated carbocycles. The van der Waals surface area contributed by atoms with Crippen molar-refractivity contribution in [2.45, 2.75) is 93.7 Å². The molecule has 10 fully saturated rings. The van der Waals surface area contributed by atoms with Crippen LogP contribution in [0.3, 0.4) is 0 Å². The van der Waals surface area contributed by atoms with Crippen molar-refractivity contribution in [2.24, 2.45) is 46.8 Å². The standard InChI is InChI=1S/C28H36F4O6/c29-25(30)13-36-27(37-14-26(25,31)32)20-6-17-7-21(27)10-24(8-17,9-20)23(33)34-11-22-12-35-28(38-22)18-2-15-1-16(4-18)5-19(28)3-15/h15-22H,1-14H2. The number of rotatable bonds is 3. The van der Waals surface area contributed by atoms with Gasteiger partial charge in [-0.15, -0.1) is 0 Å². The van der Waals surface area contributed by atoms with Gasteiger partial charge in [-0.05, 0) is 82.0 Å². The van der Waals surface area contributed by atoms with E-state index in [4.69, 9.17) is 23.7 Å². The molecule has 3 unspecified atom stereocenters. The lowest BCUT2D eigenvalue weighted by molar-refractivity contribution is -0.346. The number of hydrogen-bond acceptors (Lipinski definition) is 6. The number of hydrogen-bond donors (Lipinski definition) is 0. The summed E-state index contributed by atoms with van der Waals surface area (Å²) in [5, 5.41) is 0. The maximum absolute atomic E-state index is 14.1. The summed E-state index contributed by atoms with van der Waals surface area (Å²) in [6, 6.07) is 0. The molecular weight excluding hydrogens is 508 g/mol. The van der Waals surface area contributed by atoms with Gasteiger partial charge in [0, 0.05) is 23.7 Å². The Kier molecular flexibility index (Phi) is 5.12. The summed E-state index contributed by atoms with van der Waals surface area (Å²) in [4.78, 5) is 13.6. The van der Waals surface area contributed by atoms with Crippen molar-refractivity contribution in [3.63, 3.8) is 0 Å². The SMILES string of the molecule is O=C(OCC1COC2(O1)C1CC3CC(C1)CC2C3)C12CC3CC(C1)C1(OCC(F)(F)C(F)(F)CO1)C(C3)C2. The quantitative estimate of drug-likeness (QED) is 0.371. The van der Waals surface area contributed by atoms with Gasteiger partial charge in [0.25, 0.3) is 0 Å². The molecule has 2 heterocycles. The minimum atomic E-state index is -4.29. The molecule has 0 radical (unpaired) electrons. The molecule has 38 heavy (non-hydrogen) atoms. The van der Waals surface area contributed by atoms with Crippen LogP contribution in [0.25, 0.3) is 0 Å². The van der Waals surface area contributed by atoms with Gasteiger partial charge in [-0.1, -0.05) is 0 Å². The van der Waals surface area contributed by atoms with E-state index in [1.807, 2.05) is 0 Å². The fraction of sp³-hybridized carbons (Fsp3) is 0.964. The molecule has 10 rings (SSSR count). The first kappa shape index (κ1) is 24.8. The van der Waals surface area contributed by atoms with E-state index in [2.05, 4.69) is 0 Å². The number of halogens is 4. The lowest BCUT2D eigenvalue weighted by atomic mass is 9.47. The van der Waals surface area contributed by atoms with Gasteiger partial charge in [0.1, 0.15) is 25.9 Å². The van der Waals surface area contributed by atoms with Gasteiger partial charge in [-0.2, -0.15) is 17.6 Å². The van der Waals surface area contributed by atoms with Crippen molar-refractivity contribution in [1.82, 2.24) is 0 Å². The minimum absolute atomic E-state index is 0.130. The Balaban J connectivity index is 0.944. The maximum Gasteiger partial charge on any atom is 0.335 e. The van der Waals surface area contributed by atoms with Crippen molar-refractivity contribution in [2.75, 3.05) is 26.4 Å². The van der Waals surface area contributed by atoms with Crippen LogP contribution < -0.4 is 0 Å². The fourth-order valence-corrected chi connectivity index (χ4v) is 10.5. The number of carbonyl (C=O) groups is 1. The summed E-state index contributed by atoms with van der Waals surface area (Å²) in [5.74, 6) is -9.03. The third-order valence-corrected chi connectivity index (χ3v) is 11.8. The van der Waals surface area contributed by atoms with Crippen molar-refractivity contribution in [1.29, 1.82) is 0 Å². The van der Waals surface area contributed by atoms with E-state index in [-0.39, 0.29) is 24.6 Å². The van der Waals surface area contributed by atoms with Crippen LogP contribution in [0.2, 0.25) is 0 Å². The molecule has 0 amide bonds. The van der Waals surface area contributed by atoms with E-state index in [0.29, 0.717) is 50.5 Å². The van der Waals surface area contributed by atoms with Gasteiger partial charge >= 0.3 is 17.8 Å². The van der Waals surface area contributed by atoms with E-state index >= 15 is 0 Å². The van der Waals surface area contributed by atoms with Crippen LogP contribution in [0.4, 0.5) is 17.6 Å². The Bertz CT molecular complexity index is 953. The van der Waals surface area contributed by atoms with Crippen LogP contribution in [-0.2, 0) is 28.5 Å². The first-order valence-electron chi connectivity index (χ1n) is 14.6. The monoisotopic (exact) mass is 544 g/mol. The van der Waals surface area contributed by atoms with Crippen LogP contribution in [0, 0.1) is 46.8 Å². The van der Waals surface area contributed by atoms with E-state index in [0.717, 1.165) is 37.5 Å². The second kappa shape index (κ2) is 7.85. The lowest BCUT2D eigenvalue weighted by Gasteiger charge is -2.62. The Morgan fingerprint density at radius 1 is 0.684 bits per heavy atom. The Labute approximate surface area is 219 Å². The minimum Gasteiger partial charge on any atom is -0.462 e. The van der Waals surface area contributed by atoms with Gasteiger partial charge in [0.05, 0.1) is 12.0 Å². The number of alkyl halides is 4. The molecule has 2 spiro atoms. The van der Waals surface area contributed by atoms with Crippen LogP contribution in [0.15, 0.2) is 0 Å². The van der Waals surface area contributed by atoms with E-state index in [1.54, 1.807) is 0 Å². The van der Waals surface area contributed by atoms with Gasteiger partial charge in [0.15, 0.2) is 11.6 Å². The van der Waals surface area contributed by atoms with E-state index < -0.39 is 53.9 Å². The second-order valence-electron chi connectivity index (χ2n) is 14.0. The fourth-order valence-electron chi connectivity index (χ4n) is 10.5. The lowest BCUT2D eigenvalue weighted by Crippen LogP contribution is -2.65. The highest BCUT2D eigenvalue weighted by atomic mass is 19.3. The molecule has 6 nitrogen and oxygen atoms in total. The highest BCUT2D eigenvalue weighted by Gasteiger charge is 2.70. The molecule has 212 valence electrons. The molecule has 0 aromatic rings. The maximum atomic E-state index is 14.1. The summed E-state index contributed by atoms with van der Waals surface area (Å²) in [6.45, 7) is -2.20. The summed E-state index contributed by atoms with van der Waals surface area (Å²) in [5.41, 5.74) is -0.758. The third kappa shape index (κ3) is 3.29. The normalized spacial score (nSPS) is 52.5. The zero-order valence-electron chi connectivity index (χ0n) is 21.5.